The van der Waals surface area contributed by atoms with Gasteiger partial charge in [0.2, 0.25) is 5.95 Å². The highest BCUT2D eigenvalue weighted by atomic mass is 16.5. The summed E-state index contributed by atoms with van der Waals surface area (Å²) in [5.41, 5.74) is 5.49. The first-order valence-electron chi connectivity index (χ1n) is 6.98. The number of nitrogens with zero attached hydrogens (tertiary/aromatic N) is 3. The minimum atomic E-state index is 0.323. The summed E-state index contributed by atoms with van der Waals surface area (Å²) in [6.45, 7) is 5.75. The number of aromatic nitrogens is 2. The average molecular weight is 265 g/mol. The van der Waals surface area contributed by atoms with E-state index in [-0.39, 0.29) is 0 Å². The van der Waals surface area contributed by atoms with Crippen LogP contribution in [-0.4, -0.2) is 49.4 Å². The molecule has 0 atom stereocenters. The van der Waals surface area contributed by atoms with Gasteiger partial charge in [0.1, 0.15) is 5.82 Å². The Bertz CT molecular complexity index is 352. The molecule has 3 N–H and O–H groups in total. The number of hydrogen-bond acceptors (Lipinski definition) is 6. The maximum atomic E-state index is 5.49. The predicted octanol–water partition coefficient (Wildman–Crippen LogP) is 0.655. The fraction of sp³-hybridized carbons (Fsp3) is 0.692. The molecule has 106 valence electrons. The molecule has 2 aliphatic rings. The molecular weight excluding hydrogens is 242 g/mol. The lowest BCUT2D eigenvalue weighted by atomic mass is 10.2. The molecule has 2 fully saturated rings. The molecule has 3 rings (SSSR count). The van der Waals surface area contributed by atoms with E-state index < -0.39 is 0 Å². The van der Waals surface area contributed by atoms with Gasteiger partial charge in [0.25, 0.3) is 0 Å². The van der Waals surface area contributed by atoms with E-state index in [9.17, 15) is 0 Å². The maximum Gasteiger partial charge on any atom is 0.221 e. The largest absolute Gasteiger partial charge is 0.378 e. The van der Waals surface area contributed by atoms with Crippen LogP contribution in [-0.2, 0) is 4.74 Å². The van der Waals surface area contributed by atoms with Crippen molar-refractivity contribution in [2.24, 2.45) is 0 Å². The second-order valence-corrected chi connectivity index (χ2v) is 4.68. The van der Waals surface area contributed by atoms with E-state index in [0.29, 0.717) is 5.95 Å². The second kappa shape index (κ2) is 7.91. The van der Waals surface area contributed by atoms with Gasteiger partial charge in [-0.2, -0.15) is 4.98 Å². The number of rotatable bonds is 1. The molecule has 0 aromatic carbocycles. The van der Waals surface area contributed by atoms with Crippen LogP contribution in [0, 0.1) is 0 Å². The van der Waals surface area contributed by atoms with Gasteiger partial charge >= 0.3 is 0 Å². The fourth-order valence-electron chi connectivity index (χ4n) is 2.13. The lowest BCUT2D eigenvalue weighted by molar-refractivity contribution is 0.122. The van der Waals surface area contributed by atoms with Crippen molar-refractivity contribution >= 4 is 11.8 Å². The highest BCUT2D eigenvalue weighted by Gasteiger charge is 2.11. The van der Waals surface area contributed by atoms with E-state index in [2.05, 4.69) is 20.2 Å². The molecule has 0 bridgehead atoms. The second-order valence-electron chi connectivity index (χ2n) is 4.68. The first kappa shape index (κ1) is 14.0. The third kappa shape index (κ3) is 5.00. The first-order valence-corrected chi connectivity index (χ1v) is 6.98. The van der Waals surface area contributed by atoms with Crippen molar-refractivity contribution in [3.63, 3.8) is 0 Å². The van der Waals surface area contributed by atoms with Gasteiger partial charge in [0, 0.05) is 19.3 Å². The minimum Gasteiger partial charge on any atom is -0.378 e. The normalized spacial score (nSPS) is 19.5. The SMILES string of the molecule is C1CCNCC1.Nc1nccc(N2CCOCC2)n1. The summed E-state index contributed by atoms with van der Waals surface area (Å²) in [5.74, 6) is 1.21. The Labute approximate surface area is 114 Å². The van der Waals surface area contributed by atoms with Crippen LogP contribution < -0.4 is 16.0 Å². The van der Waals surface area contributed by atoms with Gasteiger partial charge in [-0.15, -0.1) is 0 Å². The van der Waals surface area contributed by atoms with E-state index in [1.54, 1.807) is 6.20 Å². The zero-order valence-electron chi connectivity index (χ0n) is 11.3. The Morgan fingerprint density at radius 3 is 2.42 bits per heavy atom. The quantitative estimate of drug-likeness (QED) is 0.776. The Morgan fingerprint density at radius 1 is 1.16 bits per heavy atom. The summed E-state index contributed by atoms with van der Waals surface area (Å²) in [6, 6.07) is 1.86. The molecule has 0 radical (unpaired) electrons. The van der Waals surface area contributed by atoms with Crippen molar-refractivity contribution in [3.05, 3.63) is 12.3 Å². The van der Waals surface area contributed by atoms with Crippen LogP contribution in [0.5, 0.6) is 0 Å². The number of nitrogens with one attached hydrogen (secondary N) is 1. The van der Waals surface area contributed by atoms with E-state index in [0.717, 1.165) is 32.1 Å². The van der Waals surface area contributed by atoms with E-state index in [4.69, 9.17) is 10.5 Å². The van der Waals surface area contributed by atoms with Crippen molar-refractivity contribution < 1.29 is 4.74 Å². The predicted molar refractivity (Wildman–Crippen MR) is 76.2 cm³/mol. The van der Waals surface area contributed by atoms with Crippen LogP contribution in [0.3, 0.4) is 0 Å². The molecule has 0 amide bonds. The summed E-state index contributed by atoms with van der Waals surface area (Å²) in [7, 11) is 0. The minimum absolute atomic E-state index is 0.323. The number of morpholine rings is 1. The van der Waals surface area contributed by atoms with Gasteiger partial charge in [-0.1, -0.05) is 6.42 Å². The summed E-state index contributed by atoms with van der Waals surface area (Å²) in [5, 5.41) is 3.28. The number of piperidine rings is 1. The molecule has 0 spiro atoms. The standard InChI is InChI=1S/C8H12N4O.C5H11N/c9-8-10-2-1-7(11-8)12-3-5-13-6-4-12;1-2-4-6-5-3-1/h1-2H,3-6H2,(H2,9,10,11);6H,1-5H2. The summed E-state index contributed by atoms with van der Waals surface area (Å²) in [4.78, 5) is 10.1. The highest BCUT2D eigenvalue weighted by Crippen LogP contribution is 2.11. The summed E-state index contributed by atoms with van der Waals surface area (Å²) >= 11 is 0. The molecule has 1 aromatic rings. The molecule has 2 aliphatic heterocycles. The average Bonchev–Trinajstić information content (AvgIpc) is 2.51. The van der Waals surface area contributed by atoms with Crippen molar-refractivity contribution in [1.29, 1.82) is 0 Å². The highest BCUT2D eigenvalue weighted by molar-refractivity contribution is 5.41. The van der Waals surface area contributed by atoms with E-state index in [1.165, 1.54) is 32.4 Å². The Morgan fingerprint density at radius 2 is 1.89 bits per heavy atom. The van der Waals surface area contributed by atoms with Crippen LogP contribution in [0.1, 0.15) is 19.3 Å². The molecule has 3 heterocycles. The molecule has 0 unspecified atom stereocenters. The van der Waals surface area contributed by atoms with Crippen LogP contribution in [0.25, 0.3) is 0 Å². The lowest BCUT2D eigenvalue weighted by Crippen LogP contribution is -2.36. The third-order valence-corrected chi connectivity index (χ3v) is 3.20. The molecule has 6 heteroatoms. The van der Waals surface area contributed by atoms with Crippen molar-refractivity contribution in [1.82, 2.24) is 15.3 Å². The van der Waals surface area contributed by atoms with Gasteiger partial charge < -0.3 is 20.7 Å². The van der Waals surface area contributed by atoms with Crippen molar-refractivity contribution in [3.8, 4) is 0 Å². The van der Waals surface area contributed by atoms with Crippen LogP contribution in [0.2, 0.25) is 0 Å². The zero-order valence-corrected chi connectivity index (χ0v) is 11.3. The van der Waals surface area contributed by atoms with Crippen LogP contribution >= 0.6 is 0 Å². The Balaban J connectivity index is 0.000000186. The summed E-state index contributed by atoms with van der Waals surface area (Å²) in [6.07, 6.45) is 5.89. The molecule has 0 aliphatic carbocycles. The van der Waals surface area contributed by atoms with E-state index in [1.807, 2.05) is 6.07 Å². The van der Waals surface area contributed by atoms with Crippen LogP contribution in [0.15, 0.2) is 12.3 Å². The number of hydrogen-bond donors (Lipinski definition) is 2. The van der Waals surface area contributed by atoms with Gasteiger partial charge in [0.15, 0.2) is 0 Å². The monoisotopic (exact) mass is 265 g/mol. The smallest absolute Gasteiger partial charge is 0.221 e. The van der Waals surface area contributed by atoms with Crippen LogP contribution in [0.4, 0.5) is 11.8 Å². The van der Waals surface area contributed by atoms with Crippen molar-refractivity contribution in [2.75, 3.05) is 50.0 Å². The fourth-order valence-corrected chi connectivity index (χ4v) is 2.13. The lowest BCUT2D eigenvalue weighted by Gasteiger charge is -2.27. The number of ether oxygens (including phenoxy) is 1. The Kier molecular flexibility index (Phi) is 5.84. The maximum absolute atomic E-state index is 5.49. The topological polar surface area (TPSA) is 76.3 Å². The van der Waals surface area contributed by atoms with Gasteiger partial charge in [0.05, 0.1) is 13.2 Å². The third-order valence-electron chi connectivity index (χ3n) is 3.20. The van der Waals surface area contributed by atoms with E-state index >= 15 is 0 Å². The van der Waals surface area contributed by atoms with Gasteiger partial charge in [-0.05, 0) is 32.0 Å². The molecule has 0 saturated carbocycles. The molecule has 1 aromatic heterocycles. The number of anilines is 2. The van der Waals surface area contributed by atoms with Gasteiger partial charge in [-0.25, -0.2) is 4.98 Å². The molecule has 6 nitrogen and oxygen atoms in total. The van der Waals surface area contributed by atoms with Gasteiger partial charge in [-0.3, -0.25) is 0 Å². The first-order chi connectivity index (χ1) is 9.36. The number of nitrogen functional groups attached to an aromatic ring is 1. The molecule has 19 heavy (non-hydrogen) atoms. The van der Waals surface area contributed by atoms with Crippen molar-refractivity contribution in [2.45, 2.75) is 19.3 Å². The Hall–Kier alpha value is -1.40. The summed E-state index contributed by atoms with van der Waals surface area (Å²) < 4.78 is 5.24. The number of nitrogens with two attached hydrogens (primary N) is 1. The molecular formula is C13H23N5O. The molecule has 2 saturated heterocycles. The zero-order chi connectivity index (χ0) is 13.3.